The number of rotatable bonds is 7. The Balaban J connectivity index is 2.01. The van der Waals surface area contributed by atoms with Gasteiger partial charge in [0.2, 0.25) is 0 Å². The van der Waals surface area contributed by atoms with Crippen molar-refractivity contribution < 1.29 is 0 Å². The van der Waals surface area contributed by atoms with Gasteiger partial charge in [0.25, 0.3) is 0 Å². The van der Waals surface area contributed by atoms with E-state index in [0.717, 1.165) is 43.6 Å². The second kappa shape index (κ2) is 7.39. The van der Waals surface area contributed by atoms with Crippen LogP contribution in [0.15, 0.2) is 18.7 Å². The van der Waals surface area contributed by atoms with Crippen LogP contribution >= 0.6 is 0 Å². The first-order valence-corrected chi connectivity index (χ1v) is 7.28. The SMILES string of the molecule is CCc1nnc(NCCCn2ccnc2)c(C#N)c1CC. The Hall–Kier alpha value is -2.42. The predicted octanol–water partition coefficient (Wildman–Crippen LogP) is 2.17. The predicted molar refractivity (Wildman–Crippen MR) is 80.8 cm³/mol. The highest BCUT2D eigenvalue weighted by Gasteiger charge is 2.13. The monoisotopic (exact) mass is 284 g/mol. The molecule has 0 aliphatic heterocycles. The normalized spacial score (nSPS) is 10.3. The molecule has 0 amide bonds. The minimum absolute atomic E-state index is 0.595. The van der Waals surface area contributed by atoms with Gasteiger partial charge in [0.05, 0.1) is 12.0 Å². The van der Waals surface area contributed by atoms with Crippen LogP contribution in [0.2, 0.25) is 0 Å². The zero-order valence-electron chi connectivity index (χ0n) is 12.5. The number of nitrogens with one attached hydrogen (secondary N) is 1. The molecule has 0 fully saturated rings. The fourth-order valence-electron chi connectivity index (χ4n) is 2.30. The van der Waals surface area contributed by atoms with Crippen molar-refractivity contribution in [3.8, 4) is 6.07 Å². The number of hydrogen-bond donors (Lipinski definition) is 1. The summed E-state index contributed by atoms with van der Waals surface area (Å²) in [5, 5.41) is 21.0. The molecule has 0 saturated heterocycles. The minimum Gasteiger partial charge on any atom is -0.367 e. The van der Waals surface area contributed by atoms with Crippen LogP contribution in [-0.2, 0) is 19.4 Å². The maximum atomic E-state index is 9.39. The van der Waals surface area contributed by atoms with Gasteiger partial charge in [0.15, 0.2) is 5.82 Å². The van der Waals surface area contributed by atoms with Gasteiger partial charge in [0, 0.05) is 25.5 Å². The van der Waals surface area contributed by atoms with E-state index in [1.807, 2.05) is 24.6 Å². The average Bonchev–Trinajstić information content (AvgIpc) is 3.03. The van der Waals surface area contributed by atoms with Crippen molar-refractivity contribution in [3.63, 3.8) is 0 Å². The van der Waals surface area contributed by atoms with Crippen molar-refractivity contribution in [1.82, 2.24) is 19.7 Å². The van der Waals surface area contributed by atoms with Gasteiger partial charge < -0.3 is 9.88 Å². The molecule has 0 aliphatic carbocycles. The van der Waals surface area contributed by atoms with Crippen molar-refractivity contribution >= 4 is 5.82 Å². The second-order valence-corrected chi connectivity index (χ2v) is 4.75. The third kappa shape index (κ3) is 3.57. The van der Waals surface area contributed by atoms with E-state index in [1.54, 1.807) is 12.5 Å². The Bertz CT molecular complexity index is 612. The largest absolute Gasteiger partial charge is 0.367 e. The maximum absolute atomic E-state index is 9.39. The van der Waals surface area contributed by atoms with E-state index < -0.39 is 0 Å². The first-order chi connectivity index (χ1) is 10.3. The first-order valence-electron chi connectivity index (χ1n) is 7.28. The minimum atomic E-state index is 0.595. The quantitative estimate of drug-likeness (QED) is 0.788. The summed E-state index contributed by atoms with van der Waals surface area (Å²) in [6.07, 6.45) is 8.03. The van der Waals surface area contributed by atoms with Gasteiger partial charge >= 0.3 is 0 Å². The van der Waals surface area contributed by atoms with Gasteiger partial charge in [0.1, 0.15) is 11.6 Å². The molecule has 2 aromatic heterocycles. The molecule has 0 aliphatic rings. The fourth-order valence-corrected chi connectivity index (χ4v) is 2.30. The Kier molecular flexibility index (Phi) is 5.27. The highest BCUT2D eigenvalue weighted by atomic mass is 15.2. The molecule has 1 N–H and O–H groups in total. The summed E-state index contributed by atoms with van der Waals surface area (Å²) in [5.41, 5.74) is 2.55. The van der Waals surface area contributed by atoms with E-state index in [9.17, 15) is 5.26 Å². The molecule has 6 nitrogen and oxygen atoms in total. The van der Waals surface area contributed by atoms with Crippen LogP contribution in [0.5, 0.6) is 0 Å². The van der Waals surface area contributed by atoms with Gasteiger partial charge in [-0.25, -0.2) is 4.98 Å². The standard InChI is InChI=1S/C15H20N6/c1-3-12-13(10-16)15(20-19-14(12)4-2)18-6-5-8-21-9-7-17-11-21/h7,9,11H,3-6,8H2,1-2H3,(H,18,20). The summed E-state index contributed by atoms with van der Waals surface area (Å²) in [7, 11) is 0. The van der Waals surface area contributed by atoms with Crippen molar-refractivity contribution in [2.75, 3.05) is 11.9 Å². The van der Waals surface area contributed by atoms with Gasteiger partial charge in [-0.15, -0.1) is 5.10 Å². The summed E-state index contributed by atoms with van der Waals surface area (Å²) in [6, 6.07) is 2.26. The van der Waals surface area contributed by atoms with Crippen molar-refractivity contribution in [3.05, 3.63) is 35.5 Å². The molecule has 0 radical (unpaired) electrons. The summed E-state index contributed by atoms with van der Waals surface area (Å²) in [4.78, 5) is 4.01. The summed E-state index contributed by atoms with van der Waals surface area (Å²) >= 11 is 0. The number of anilines is 1. The molecule has 0 unspecified atom stereocenters. The third-order valence-corrected chi connectivity index (χ3v) is 3.40. The molecule has 110 valence electrons. The molecule has 0 aromatic carbocycles. The zero-order chi connectivity index (χ0) is 15.1. The van der Waals surface area contributed by atoms with E-state index in [1.165, 1.54) is 0 Å². The Morgan fingerprint density at radius 3 is 2.76 bits per heavy atom. The fraction of sp³-hybridized carbons (Fsp3) is 0.467. The molecule has 0 atom stereocenters. The van der Waals surface area contributed by atoms with E-state index in [-0.39, 0.29) is 0 Å². The molecule has 0 spiro atoms. The van der Waals surface area contributed by atoms with Crippen LogP contribution in [0.1, 0.15) is 37.1 Å². The van der Waals surface area contributed by atoms with Crippen molar-refractivity contribution in [2.45, 2.75) is 39.7 Å². The Morgan fingerprint density at radius 2 is 2.14 bits per heavy atom. The van der Waals surface area contributed by atoms with Crippen LogP contribution in [0.4, 0.5) is 5.82 Å². The number of aromatic nitrogens is 4. The Morgan fingerprint density at radius 1 is 1.29 bits per heavy atom. The molecule has 0 bridgehead atoms. The number of nitriles is 1. The van der Waals surface area contributed by atoms with Gasteiger partial charge in [-0.2, -0.15) is 10.4 Å². The lowest BCUT2D eigenvalue weighted by Crippen LogP contribution is -2.12. The summed E-state index contributed by atoms with van der Waals surface area (Å²) in [5.74, 6) is 0.595. The number of imidazole rings is 1. The topological polar surface area (TPSA) is 79.4 Å². The maximum Gasteiger partial charge on any atom is 0.166 e. The van der Waals surface area contributed by atoms with Gasteiger partial charge in [-0.1, -0.05) is 13.8 Å². The number of aryl methyl sites for hydroxylation is 2. The highest BCUT2D eigenvalue weighted by Crippen LogP contribution is 2.19. The number of hydrogen-bond acceptors (Lipinski definition) is 5. The average molecular weight is 284 g/mol. The van der Waals surface area contributed by atoms with Crippen LogP contribution in [0.3, 0.4) is 0 Å². The molecule has 6 heteroatoms. The van der Waals surface area contributed by atoms with E-state index in [4.69, 9.17) is 0 Å². The first kappa shape index (κ1) is 15.0. The number of nitrogens with zero attached hydrogens (tertiary/aromatic N) is 5. The van der Waals surface area contributed by atoms with E-state index in [0.29, 0.717) is 11.4 Å². The van der Waals surface area contributed by atoms with E-state index in [2.05, 4.69) is 26.6 Å². The molecular formula is C15H20N6. The molecule has 2 rings (SSSR count). The summed E-state index contributed by atoms with van der Waals surface area (Å²) in [6.45, 7) is 5.70. The smallest absolute Gasteiger partial charge is 0.166 e. The highest BCUT2D eigenvalue weighted by molar-refractivity contribution is 5.56. The lowest BCUT2D eigenvalue weighted by Gasteiger charge is -2.12. The molecule has 2 heterocycles. The van der Waals surface area contributed by atoms with Crippen molar-refractivity contribution in [1.29, 1.82) is 5.26 Å². The Labute approximate surface area is 124 Å². The van der Waals surface area contributed by atoms with Crippen LogP contribution in [-0.4, -0.2) is 26.3 Å². The zero-order valence-corrected chi connectivity index (χ0v) is 12.5. The molecule has 21 heavy (non-hydrogen) atoms. The lowest BCUT2D eigenvalue weighted by molar-refractivity contribution is 0.659. The summed E-state index contributed by atoms with van der Waals surface area (Å²) < 4.78 is 2.02. The molecular weight excluding hydrogens is 264 g/mol. The molecule has 2 aromatic rings. The molecule has 0 saturated carbocycles. The second-order valence-electron chi connectivity index (χ2n) is 4.75. The van der Waals surface area contributed by atoms with Crippen LogP contribution < -0.4 is 5.32 Å². The van der Waals surface area contributed by atoms with Crippen LogP contribution in [0.25, 0.3) is 0 Å². The van der Waals surface area contributed by atoms with E-state index >= 15 is 0 Å². The van der Waals surface area contributed by atoms with Crippen molar-refractivity contribution in [2.24, 2.45) is 0 Å². The van der Waals surface area contributed by atoms with Gasteiger partial charge in [-0.3, -0.25) is 0 Å². The van der Waals surface area contributed by atoms with Crippen LogP contribution in [0, 0.1) is 11.3 Å². The lowest BCUT2D eigenvalue weighted by atomic mass is 10.0. The third-order valence-electron chi connectivity index (χ3n) is 3.40. The van der Waals surface area contributed by atoms with Gasteiger partial charge in [-0.05, 0) is 24.8 Å².